The number of pyridine rings is 1. The standard InChI is InChI=1S/C13H14N2S/c1-2-5-11-10(4-1)8-14-9-12(11)13-15-6-3-7-16-13/h1-2,4-5,8-9,13,15H,3,6-7H2. The Morgan fingerprint density at radius 3 is 3.06 bits per heavy atom. The highest BCUT2D eigenvalue weighted by Gasteiger charge is 2.17. The Morgan fingerprint density at radius 1 is 1.25 bits per heavy atom. The summed E-state index contributed by atoms with van der Waals surface area (Å²) in [4.78, 5) is 4.33. The zero-order chi connectivity index (χ0) is 10.8. The second-order valence-corrected chi connectivity index (χ2v) is 5.22. The maximum absolute atomic E-state index is 4.33. The molecule has 0 spiro atoms. The highest BCUT2D eigenvalue weighted by molar-refractivity contribution is 7.99. The van der Waals surface area contributed by atoms with Crippen LogP contribution >= 0.6 is 11.8 Å². The molecule has 0 aliphatic carbocycles. The minimum Gasteiger partial charge on any atom is -0.302 e. The first kappa shape index (κ1) is 10.1. The number of fused-ring (bicyclic) bond motifs is 1. The third-order valence-corrected chi connectivity index (χ3v) is 4.20. The summed E-state index contributed by atoms with van der Waals surface area (Å²) in [5.41, 5.74) is 1.32. The third kappa shape index (κ3) is 1.81. The molecule has 3 rings (SSSR count). The largest absolute Gasteiger partial charge is 0.302 e. The Morgan fingerprint density at radius 2 is 2.19 bits per heavy atom. The van der Waals surface area contributed by atoms with Crippen LogP contribution in [0.25, 0.3) is 10.8 Å². The van der Waals surface area contributed by atoms with Crippen LogP contribution in [-0.4, -0.2) is 17.3 Å². The van der Waals surface area contributed by atoms with Crippen molar-refractivity contribution in [3.63, 3.8) is 0 Å². The van der Waals surface area contributed by atoms with Crippen molar-refractivity contribution in [3.05, 3.63) is 42.2 Å². The van der Waals surface area contributed by atoms with Crippen LogP contribution in [0.4, 0.5) is 0 Å². The number of hydrogen-bond acceptors (Lipinski definition) is 3. The Balaban J connectivity index is 2.08. The van der Waals surface area contributed by atoms with Crippen LogP contribution < -0.4 is 5.32 Å². The van der Waals surface area contributed by atoms with Crippen LogP contribution in [0.3, 0.4) is 0 Å². The van der Waals surface area contributed by atoms with Crippen LogP contribution in [0.1, 0.15) is 17.4 Å². The van der Waals surface area contributed by atoms with Gasteiger partial charge in [-0.1, -0.05) is 24.3 Å². The summed E-state index contributed by atoms with van der Waals surface area (Å²) in [6.45, 7) is 1.11. The normalized spacial score (nSPS) is 21.1. The van der Waals surface area contributed by atoms with Gasteiger partial charge in [0.05, 0.1) is 5.37 Å². The number of aromatic nitrogens is 1. The summed E-state index contributed by atoms with van der Waals surface area (Å²) in [7, 11) is 0. The molecule has 2 nitrogen and oxygen atoms in total. The Labute approximate surface area is 99.5 Å². The molecular formula is C13H14N2S. The summed E-state index contributed by atoms with van der Waals surface area (Å²) in [6.07, 6.45) is 5.20. The molecule has 0 radical (unpaired) electrons. The first-order valence-corrected chi connectivity index (χ1v) is 6.68. The van der Waals surface area contributed by atoms with Crippen molar-refractivity contribution >= 4 is 22.5 Å². The van der Waals surface area contributed by atoms with Crippen molar-refractivity contribution in [2.45, 2.75) is 11.8 Å². The van der Waals surface area contributed by atoms with E-state index in [0.29, 0.717) is 5.37 Å². The summed E-state index contributed by atoms with van der Waals surface area (Å²) in [5.74, 6) is 1.24. The second kappa shape index (κ2) is 4.44. The fourth-order valence-electron chi connectivity index (χ4n) is 2.11. The van der Waals surface area contributed by atoms with E-state index in [1.54, 1.807) is 0 Å². The summed E-state index contributed by atoms with van der Waals surface area (Å²) in [5, 5.41) is 6.51. The average Bonchev–Trinajstić information content (AvgIpc) is 2.39. The van der Waals surface area contributed by atoms with Crippen LogP contribution in [0.2, 0.25) is 0 Å². The van der Waals surface area contributed by atoms with Gasteiger partial charge in [0, 0.05) is 23.3 Å². The SMILES string of the molecule is c1ccc2c(C3NCCCS3)cncc2c1. The highest BCUT2D eigenvalue weighted by atomic mass is 32.2. The molecule has 1 unspecified atom stereocenters. The number of thioether (sulfide) groups is 1. The van der Waals surface area contributed by atoms with Crippen molar-refractivity contribution in [3.8, 4) is 0 Å². The first-order valence-electron chi connectivity index (χ1n) is 5.63. The van der Waals surface area contributed by atoms with E-state index in [2.05, 4.69) is 34.6 Å². The molecule has 1 atom stereocenters. The van der Waals surface area contributed by atoms with E-state index in [4.69, 9.17) is 0 Å². The molecule has 0 bridgehead atoms. The molecule has 1 saturated heterocycles. The molecule has 1 N–H and O–H groups in total. The summed E-state index contributed by atoms with van der Waals surface area (Å²) in [6, 6.07) is 8.47. The lowest BCUT2D eigenvalue weighted by Crippen LogP contribution is -2.25. The highest BCUT2D eigenvalue weighted by Crippen LogP contribution is 2.33. The van der Waals surface area contributed by atoms with Crippen molar-refractivity contribution in [1.82, 2.24) is 10.3 Å². The predicted octanol–water partition coefficient (Wildman–Crippen LogP) is 2.96. The molecule has 0 amide bonds. The van der Waals surface area contributed by atoms with E-state index in [1.165, 1.54) is 28.5 Å². The average molecular weight is 230 g/mol. The van der Waals surface area contributed by atoms with Gasteiger partial charge in [0.2, 0.25) is 0 Å². The quantitative estimate of drug-likeness (QED) is 0.815. The van der Waals surface area contributed by atoms with Gasteiger partial charge in [0.25, 0.3) is 0 Å². The van der Waals surface area contributed by atoms with E-state index in [1.807, 2.05) is 24.2 Å². The van der Waals surface area contributed by atoms with E-state index in [0.717, 1.165) is 6.54 Å². The molecule has 1 fully saturated rings. The third-order valence-electron chi connectivity index (χ3n) is 2.92. The van der Waals surface area contributed by atoms with Crippen molar-refractivity contribution in [1.29, 1.82) is 0 Å². The molecule has 1 aromatic heterocycles. The van der Waals surface area contributed by atoms with Gasteiger partial charge < -0.3 is 5.32 Å². The molecule has 1 aliphatic rings. The number of benzene rings is 1. The van der Waals surface area contributed by atoms with Gasteiger partial charge in [-0.05, 0) is 24.1 Å². The molecule has 1 aliphatic heterocycles. The molecular weight excluding hydrogens is 216 g/mol. The van der Waals surface area contributed by atoms with E-state index < -0.39 is 0 Å². The van der Waals surface area contributed by atoms with Gasteiger partial charge in [-0.2, -0.15) is 0 Å². The van der Waals surface area contributed by atoms with Gasteiger partial charge in [-0.15, -0.1) is 11.8 Å². The molecule has 2 aromatic rings. The van der Waals surface area contributed by atoms with Gasteiger partial charge >= 0.3 is 0 Å². The lowest BCUT2D eigenvalue weighted by molar-refractivity contribution is 0.644. The number of hydrogen-bond donors (Lipinski definition) is 1. The van der Waals surface area contributed by atoms with Crippen LogP contribution in [0.5, 0.6) is 0 Å². The van der Waals surface area contributed by atoms with Crippen LogP contribution in [-0.2, 0) is 0 Å². The lowest BCUT2D eigenvalue weighted by Gasteiger charge is -2.24. The number of rotatable bonds is 1. The molecule has 2 heterocycles. The monoisotopic (exact) mass is 230 g/mol. The minimum atomic E-state index is 0.410. The van der Waals surface area contributed by atoms with E-state index in [-0.39, 0.29) is 0 Å². The summed E-state index contributed by atoms with van der Waals surface area (Å²) < 4.78 is 0. The molecule has 1 aromatic carbocycles. The van der Waals surface area contributed by atoms with Gasteiger partial charge in [-0.3, -0.25) is 4.98 Å². The lowest BCUT2D eigenvalue weighted by atomic mass is 10.1. The molecule has 16 heavy (non-hydrogen) atoms. The zero-order valence-electron chi connectivity index (χ0n) is 9.02. The molecule has 0 saturated carbocycles. The topological polar surface area (TPSA) is 24.9 Å². The van der Waals surface area contributed by atoms with E-state index in [9.17, 15) is 0 Å². The molecule has 82 valence electrons. The fourth-order valence-corrected chi connectivity index (χ4v) is 3.26. The maximum Gasteiger partial charge on any atom is 0.0810 e. The molecule has 3 heteroatoms. The second-order valence-electron chi connectivity index (χ2n) is 4.01. The van der Waals surface area contributed by atoms with Gasteiger partial charge in [0.15, 0.2) is 0 Å². The number of nitrogens with one attached hydrogen (secondary N) is 1. The minimum absolute atomic E-state index is 0.410. The Hall–Kier alpha value is -1.06. The first-order chi connectivity index (χ1) is 7.95. The Kier molecular flexibility index (Phi) is 2.80. The van der Waals surface area contributed by atoms with Crippen molar-refractivity contribution < 1.29 is 0 Å². The van der Waals surface area contributed by atoms with Crippen LogP contribution in [0, 0.1) is 0 Å². The smallest absolute Gasteiger partial charge is 0.0810 e. The summed E-state index contributed by atoms with van der Waals surface area (Å²) >= 11 is 1.98. The van der Waals surface area contributed by atoms with E-state index >= 15 is 0 Å². The van der Waals surface area contributed by atoms with Crippen LogP contribution in [0.15, 0.2) is 36.7 Å². The van der Waals surface area contributed by atoms with Crippen molar-refractivity contribution in [2.75, 3.05) is 12.3 Å². The number of nitrogens with zero attached hydrogens (tertiary/aromatic N) is 1. The van der Waals surface area contributed by atoms with Gasteiger partial charge in [-0.25, -0.2) is 0 Å². The maximum atomic E-state index is 4.33. The Bertz CT molecular complexity index is 487. The van der Waals surface area contributed by atoms with Crippen molar-refractivity contribution in [2.24, 2.45) is 0 Å². The zero-order valence-corrected chi connectivity index (χ0v) is 9.83. The van der Waals surface area contributed by atoms with Gasteiger partial charge in [0.1, 0.15) is 0 Å². The predicted molar refractivity (Wildman–Crippen MR) is 69.6 cm³/mol. The fraction of sp³-hybridized carbons (Fsp3) is 0.308.